The van der Waals surface area contributed by atoms with Crippen molar-refractivity contribution in [3.05, 3.63) is 94.8 Å². The highest BCUT2D eigenvalue weighted by atomic mass is 16.5. The van der Waals surface area contributed by atoms with E-state index in [-0.39, 0.29) is 5.56 Å². The van der Waals surface area contributed by atoms with Crippen molar-refractivity contribution in [2.75, 3.05) is 7.11 Å². The molecule has 0 fully saturated rings. The molecule has 142 valence electrons. The van der Waals surface area contributed by atoms with Crippen molar-refractivity contribution in [2.45, 2.75) is 0 Å². The van der Waals surface area contributed by atoms with Gasteiger partial charge in [0, 0.05) is 34.4 Å². The number of nitrogens with zero attached hydrogens (tertiary/aromatic N) is 2. The molecule has 0 bridgehead atoms. The Morgan fingerprint density at radius 1 is 1.07 bits per heavy atom. The van der Waals surface area contributed by atoms with Crippen LogP contribution in [0.1, 0.15) is 15.9 Å². The summed E-state index contributed by atoms with van der Waals surface area (Å²) in [5, 5.41) is 0.731. The van der Waals surface area contributed by atoms with Gasteiger partial charge in [0.15, 0.2) is 5.78 Å². The molecule has 1 N–H and O–H groups in total. The zero-order valence-corrected chi connectivity index (χ0v) is 15.6. The third kappa shape index (κ3) is 3.68. The predicted octanol–water partition coefficient (Wildman–Crippen LogP) is 3.89. The number of carbonyl (C=O) groups excluding carboxylic acids is 1. The van der Waals surface area contributed by atoms with E-state index in [1.165, 1.54) is 12.4 Å². The van der Waals surface area contributed by atoms with Gasteiger partial charge in [-0.05, 0) is 35.9 Å². The Morgan fingerprint density at radius 3 is 2.55 bits per heavy atom. The van der Waals surface area contributed by atoms with Crippen LogP contribution in [0.4, 0.5) is 0 Å². The molecule has 0 atom stereocenters. The maximum Gasteiger partial charge on any atom is 0.260 e. The monoisotopic (exact) mass is 383 g/mol. The Hall–Kier alpha value is -4.06. The molecule has 0 unspecified atom stereocenters. The van der Waals surface area contributed by atoms with Crippen molar-refractivity contribution in [1.29, 1.82) is 0 Å². The quantitative estimate of drug-likeness (QED) is 0.417. The zero-order valence-electron chi connectivity index (χ0n) is 15.6. The van der Waals surface area contributed by atoms with Crippen LogP contribution in [0, 0.1) is 0 Å². The average Bonchev–Trinajstić information content (AvgIpc) is 2.77. The minimum absolute atomic E-state index is 0.0741. The number of fused-ring (bicyclic) bond motifs is 1. The number of ketones is 1. The average molecular weight is 383 g/mol. The van der Waals surface area contributed by atoms with Gasteiger partial charge in [-0.3, -0.25) is 9.59 Å². The number of methoxy groups -OCH3 is 1. The molecule has 6 heteroatoms. The molecule has 2 aromatic heterocycles. The largest absolute Gasteiger partial charge is 0.497 e. The van der Waals surface area contributed by atoms with Crippen LogP contribution in [0.15, 0.2) is 78.1 Å². The van der Waals surface area contributed by atoms with Crippen LogP contribution in [-0.4, -0.2) is 27.8 Å². The first kappa shape index (κ1) is 18.3. The Kier molecular flexibility index (Phi) is 4.99. The standard InChI is InChI=1S/C23H17N3O3/c1-29-17-8-9-19-18(11-17)21(16-5-3-2-4-6-16)22(23(28)26-19)20(27)10-7-15-12-24-14-25-13-15/h2-14H,1H3,(H,26,28)/b10-7+. The van der Waals surface area contributed by atoms with E-state index < -0.39 is 11.3 Å². The van der Waals surface area contributed by atoms with Crippen LogP contribution in [0.2, 0.25) is 0 Å². The smallest absolute Gasteiger partial charge is 0.260 e. The van der Waals surface area contributed by atoms with E-state index in [0.717, 1.165) is 10.9 Å². The second-order valence-corrected chi connectivity index (χ2v) is 6.35. The number of benzene rings is 2. The summed E-state index contributed by atoms with van der Waals surface area (Å²) in [6.45, 7) is 0. The van der Waals surface area contributed by atoms with Gasteiger partial charge in [0.2, 0.25) is 0 Å². The summed E-state index contributed by atoms with van der Waals surface area (Å²) in [7, 11) is 1.58. The van der Waals surface area contributed by atoms with Gasteiger partial charge >= 0.3 is 0 Å². The lowest BCUT2D eigenvalue weighted by Crippen LogP contribution is -2.18. The molecular formula is C23H17N3O3. The fourth-order valence-electron chi connectivity index (χ4n) is 3.19. The Balaban J connectivity index is 1.95. The SMILES string of the molecule is COc1ccc2[nH]c(=O)c(C(=O)/C=C/c3cncnc3)c(-c3ccccc3)c2c1. The van der Waals surface area contributed by atoms with Crippen molar-refractivity contribution >= 4 is 22.8 Å². The number of ether oxygens (including phenoxy) is 1. The first-order valence-corrected chi connectivity index (χ1v) is 8.94. The summed E-state index contributed by atoms with van der Waals surface area (Å²) in [5.41, 5.74) is 2.28. The number of pyridine rings is 1. The van der Waals surface area contributed by atoms with E-state index in [0.29, 0.717) is 22.4 Å². The summed E-state index contributed by atoms with van der Waals surface area (Å²) in [6, 6.07) is 14.7. The fraction of sp³-hybridized carbons (Fsp3) is 0.0435. The molecule has 0 aliphatic carbocycles. The van der Waals surface area contributed by atoms with Crippen molar-refractivity contribution in [3.63, 3.8) is 0 Å². The number of hydrogen-bond donors (Lipinski definition) is 1. The maximum atomic E-state index is 13.1. The first-order valence-electron chi connectivity index (χ1n) is 8.94. The summed E-state index contributed by atoms with van der Waals surface area (Å²) < 4.78 is 5.34. The molecule has 0 spiro atoms. The molecule has 4 aromatic rings. The summed E-state index contributed by atoms with van der Waals surface area (Å²) in [5.74, 6) is 0.232. The number of allylic oxidation sites excluding steroid dienone is 1. The predicted molar refractivity (Wildman–Crippen MR) is 112 cm³/mol. The number of carbonyl (C=O) groups is 1. The number of nitrogens with one attached hydrogen (secondary N) is 1. The highest BCUT2D eigenvalue weighted by Gasteiger charge is 2.19. The molecule has 0 radical (unpaired) electrons. The van der Waals surface area contributed by atoms with E-state index >= 15 is 0 Å². The van der Waals surface area contributed by atoms with Crippen LogP contribution in [0.5, 0.6) is 5.75 Å². The Bertz CT molecular complexity index is 1260. The number of hydrogen-bond acceptors (Lipinski definition) is 5. The lowest BCUT2D eigenvalue weighted by atomic mass is 9.93. The van der Waals surface area contributed by atoms with Crippen LogP contribution in [0.25, 0.3) is 28.1 Å². The van der Waals surface area contributed by atoms with Gasteiger partial charge in [-0.15, -0.1) is 0 Å². The molecule has 2 aromatic carbocycles. The van der Waals surface area contributed by atoms with E-state index in [2.05, 4.69) is 15.0 Å². The highest BCUT2D eigenvalue weighted by molar-refractivity contribution is 6.15. The van der Waals surface area contributed by atoms with Gasteiger partial charge in [-0.1, -0.05) is 30.3 Å². The molecule has 0 amide bonds. The van der Waals surface area contributed by atoms with Gasteiger partial charge in [0.1, 0.15) is 12.1 Å². The van der Waals surface area contributed by atoms with Gasteiger partial charge in [-0.2, -0.15) is 0 Å². The lowest BCUT2D eigenvalue weighted by molar-refractivity contribution is 0.104. The van der Waals surface area contributed by atoms with Gasteiger partial charge in [0.05, 0.1) is 12.7 Å². The molecule has 4 rings (SSSR count). The van der Waals surface area contributed by atoms with Gasteiger partial charge in [0.25, 0.3) is 5.56 Å². The summed E-state index contributed by atoms with van der Waals surface area (Å²) in [4.78, 5) is 36.6. The molecule has 0 saturated carbocycles. The van der Waals surface area contributed by atoms with Crippen LogP contribution >= 0.6 is 0 Å². The van der Waals surface area contributed by atoms with Crippen LogP contribution < -0.4 is 10.3 Å². The third-order valence-corrected chi connectivity index (χ3v) is 4.54. The van der Waals surface area contributed by atoms with Gasteiger partial charge in [-0.25, -0.2) is 9.97 Å². The molecule has 6 nitrogen and oxygen atoms in total. The van der Waals surface area contributed by atoms with E-state index in [9.17, 15) is 9.59 Å². The number of aromatic amines is 1. The third-order valence-electron chi connectivity index (χ3n) is 4.54. The molecule has 0 aliphatic rings. The maximum absolute atomic E-state index is 13.1. The minimum Gasteiger partial charge on any atom is -0.497 e. The lowest BCUT2D eigenvalue weighted by Gasteiger charge is -2.12. The Labute approximate surface area is 166 Å². The first-order chi connectivity index (χ1) is 14.2. The van der Waals surface area contributed by atoms with Crippen molar-refractivity contribution in [3.8, 4) is 16.9 Å². The normalized spacial score (nSPS) is 11.1. The van der Waals surface area contributed by atoms with Crippen LogP contribution in [0.3, 0.4) is 0 Å². The summed E-state index contributed by atoms with van der Waals surface area (Å²) in [6.07, 6.45) is 7.54. The Morgan fingerprint density at radius 2 is 1.83 bits per heavy atom. The van der Waals surface area contributed by atoms with E-state index in [1.54, 1.807) is 37.7 Å². The zero-order chi connectivity index (χ0) is 20.2. The molecular weight excluding hydrogens is 366 g/mol. The highest BCUT2D eigenvalue weighted by Crippen LogP contribution is 2.32. The summed E-state index contributed by atoms with van der Waals surface area (Å²) >= 11 is 0. The number of aromatic nitrogens is 3. The van der Waals surface area contributed by atoms with E-state index in [1.807, 2.05) is 36.4 Å². The molecule has 2 heterocycles. The van der Waals surface area contributed by atoms with Crippen LogP contribution in [-0.2, 0) is 0 Å². The second kappa shape index (κ2) is 7.90. The molecule has 0 saturated heterocycles. The van der Waals surface area contributed by atoms with Crippen molar-refractivity contribution in [1.82, 2.24) is 15.0 Å². The number of H-pyrrole nitrogens is 1. The molecule has 29 heavy (non-hydrogen) atoms. The fourth-order valence-corrected chi connectivity index (χ4v) is 3.19. The van der Waals surface area contributed by atoms with Gasteiger partial charge < -0.3 is 9.72 Å². The number of rotatable bonds is 5. The van der Waals surface area contributed by atoms with E-state index in [4.69, 9.17) is 4.74 Å². The topological polar surface area (TPSA) is 84.9 Å². The van der Waals surface area contributed by atoms with Crippen molar-refractivity contribution < 1.29 is 9.53 Å². The molecule has 0 aliphatic heterocycles. The minimum atomic E-state index is -0.444. The second-order valence-electron chi connectivity index (χ2n) is 6.35. The van der Waals surface area contributed by atoms with Crippen molar-refractivity contribution in [2.24, 2.45) is 0 Å².